The van der Waals surface area contributed by atoms with Crippen LogP contribution in [0.2, 0.25) is 0 Å². The Morgan fingerprint density at radius 3 is 2.83 bits per heavy atom. The van der Waals surface area contributed by atoms with Gasteiger partial charge in [0.25, 0.3) is 0 Å². The lowest BCUT2D eigenvalue weighted by molar-refractivity contribution is -0.149. The number of hydrogen-bond donors (Lipinski definition) is 0. The molecule has 0 N–H and O–H groups in total. The maximum absolute atomic E-state index is 12.1. The van der Waals surface area contributed by atoms with Crippen molar-refractivity contribution in [3.63, 3.8) is 0 Å². The summed E-state index contributed by atoms with van der Waals surface area (Å²) in [6.07, 6.45) is 16.2. The maximum atomic E-state index is 12.1. The lowest BCUT2D eigenvalue weighted by Gasteiger charge is -2.17. The van der Waals surface area contributed by atoms with Crippen molar-refractivity contribution < 1.29 is 14.3 Å². The zero-order chi connectivity index (χ0) is 16.5. The molecule has 2 atom stereocenters. The zero-order valence-corrected chi connectivity index (χ0v) is 14.4. The molecule has 2 rings (SSSR count). The van der Waals surface area contributed by atoms with E-state index in [0.29, 0.717) is 25.2 Å². The minimum absolute atomic E-state index is 0.0655. The molecule has 1 aliphatic heterocycles. The average Bonchev–Trinajstić information content (AvgIpc) is 2.88. The van der Waals surface area contributed by atoms with Crippen molar-refractivity contribution in [1.29, 1.82) is 0 Å². The van der Waals surface area contributed by atoms with Gasteiger partial charge in [-0.2, -0.15) is 0 Å². The summed E-state index contributed by atoms with van der Waals surface area (Å²) in [4.78, 5) is 24.1. The molecular weight excluding hydrogens is 288 g/mol. The van der Waals surface area contributed by atoms with Crippen molar-refractivity contribution in [2.24, 2.45) is 5.92 Å². The van der Waals surface area contributed by atoms with Crippen LogP contribution in [-0.2, 0) is 14.3 Å². The van der Waals surface area contributed by atoms with E-state index < -0.39 is 0 Å². The Hall–Kier alpha value is -1.38. The molecule has 3 nitrogen and oxygen atoms in total. The van der Waals surface area contributed by atoms with Gasteiger partial charge < -0.3 is 4.74 Å². The number of esters is 1. The molecule has 0 aromatic heterocycles. The first kappa shape index (κ1) is 18.0. The summed E-state index contributed by atoms with van der Waals surface area (Å²) in [6, 6.07) is 0. The van der Waals surface area contributed by atoms with Crippen molar-refractivity contribution in [3.05, 3.63) is 23.8 Å². The molecule has 0 amide bonds. The van der Waals surface area contributed by atoms with Crippen LogP contribution in [0.5, 0.6) is 0 Å². The number of cyclic esters (lactones) is 1. The quantitative estimate of drug-likeness (QED) is 0.420. The molecule has 3 heteroatoms. The topological polar surface area (TPSA) is 43.4 Å². The number of carbonyl (C=O) groups is 2. The Bertz CT molecular complexity index is 462. The SMILES string of the molecule is CCCCCC1C/C=C2/C(=O)CC[C@@H]2C/C=C\CCCC(=O)O1. The van der Waals surface area contributed by atoms with Gasteiger partial charge in [-0.25, -0.2) is 0 Å². The molecule has 128 valence electrons. The van der Waals surface area contributed by atoms with Crippen molar-refractivity contribution >= 4 is 11.8 Å². The minimum Gasteiger partial charge on any atom is -0.462 e. The predicted octanol–water partition coefficient (Wildman–Crippen LogP) is 4.90. The summed E-state index contributed by atoms with van der Waals surface area (Å²) in [7, 11) is 0. The molecule has 1 saturated carbocycles. The standard InChI is InChI=1S/C20H30O3/c1-2-3-6-10-17-13-14-18-16(12-15-19(18)21)9-7-4-5-8-11-20(22)23-17/h4,7,14,16-17H,2-3,5-6,8-13,15H2,1H3/b7-4-,18-14+/t16-,17?/m0/s1. The van der Waals surface area contributed by atoms with Gasteiger partial charge in [-0.1, -0.05) is 38.0 Å². The Labute approximate surface area is 140 Å². The maximum Gasteiger partial charge on any atom is 0.306 e. The number of ether oxygens (including phenoxy) is 1. The molecular formula is C20H30O3. The third-order valence-electron chi connectivity index (χ3n) is 4.85. The highest BCUT2D eigenvalue weighted by atomic mass is 16.5. The van der Waals surface area contributed by atoms with Crippen LogP contribution in [0.3, 0.4) is 0 Å². The molecule has 23 heavy (non-hydrogen) atoms. The number of allylic oxidation sites excluding steroid dienone is 3. The van der Waals surface area contributed by atoms with E-state index in [4.69, 9.17) is 4.74 Å². The summed E-state index contributed by atoms with van der Waals surface area (Å²) < 4.78 is 5.68. The van der Waals surface area contributed by atoms with Crippen molar-refractivity contribution in [3.8, 4) is 0 Å². The Morgan fingerprint density at radius 1 is 1.13 bits per heavy atom. The number of ketones is 1. The Kier molecular flexibility index (Phi) is 7.57. The molecule has 0 bridgehead atoms. The Balaban J connectivity index is 2.06. The zero-order valence-electron chi connectivity index (χ0n) is 14.4. The third-order valence-corrected chi connectivity index (χ3v) is 4.85. The summed E-state index contributed by atoms with van der Waals surface area (Å²) in [6.45, 7) is 2.17. The molecule has 1 unspecified atom stereocenters. The highest BCUT2D eigenvalue weighted by molar-refractivity contribution is 5.98. The van der Waals surface area contributed by atoms with E-state index in [1.165, 1.54) is 0 Å². The second-order valence-electron chi connectivity index (χ2n) is 6.76. The predicted molar refractivity (Wildman–Crippen MR) is 92.1 cm³/mol. The molecule has 0 aromatic carbocycles. The fraction of sp³-hybridized carbons (Fsp3) is 0.700. The lowest BCUT2D eigenvalue weighted by atomic mass is 9.96. The van der Waals surface area contributed by atoms with Gasteiger partial charge in [0, 0.05) is 19.3 Å². The first-order valence-electron chi connectivity index (χ1n) is 9.28. The smallest absolute Gasteiger partial charge is 0.306 e. The van der Waals surface area contributed by atoms with Gasteiger partial charge >= 0.3 is 5.97 Å². The number of fused-ring (bicyclic) bond motifs is 1. The van der Waals surface area contributed by atoms with E-state index in [0.717, 1.165) is 56.9 Å². The second-order valence-corrected chi connectivity index (χ2v) is 6.76. The molecule has 0 aromatic rings. The van der Waals surface area contributed by atoms with E-state index in [2.05, 4.69) is 25.2 Å². The van der Waals surface area contributed by atoms with E-state index in [-0.39, 0.29) is 17.9 Å². The van der Waals surface area contributed by atoms with Gasteiger partial charge in [0.05, 0.1) is 0 Å². The average molecular weight is 318 g/mol. The van der Waals surface area contributed by atoms with E-state index in [1.54, 1.807) is 0 Å². The van der Waals surface area contributed by atoms with Crippen LogP contribution < -0.4 is 0 Å². The first-order chi connectivity index (χ1) is 11.2. The van der Waals surface area contributed by atoms with Gasteiger partial charge in [0.1, 0.15) is 6.10 Å². The van der Waals surface area contributed by atoms with Crippen LogP contribution in [0, 0.1) is 5.92 Å². The number of Topliss-reactive ketones (excluding diaryl/α,β-unsaturated/α-hetero) is 1. The van der Waals surface area contributed by atoms with Crippen LogP contribution in [0.4, 0.5) is 0 Å². The summed E-state index contributed by atoms with van der Waals surface area (Å²) in [5.74, 6) is 0.565. The van der Waals surface area contributed by atoms with Gasteiger partial charge in [0.2, 0.25) is 0 Å². The first-order valence-corrected chi connectivity index (χ1v) is 9.28. The van der Waals surface area contributed by atoms with Gasteiger partial charge in [0.15, 0.2) is 5.78 Å². The molecule has 1 heterocycles. The van der Waals surface area contributed by atoms with Gasteiger partial charge in [-0.3, -0.25) is 9.59 Å². The van der Waals surface area contributed by atoms with Crippen LogP contribution >= 0.6 is 0 Å². The third kappa shape index (κ3) is 5.96. The second kappa shape index (κ2) is 9.69. The molecule has 0 spiro atoms. The van der Waals surface area contributed by atoms with Gasteiger partial charge in [-0.05, 0) is 50.0 Å². The minimum atomic E-state index is -0.0909. The Morgan fingerprint density at radius 2 is 2.00 bits per heavy atom. The highest BCUT2D eigenvalue weighted by Crippen LogP contribution is 2.32. The van der Waals surface area contributed by atoms with Crippen molar-refractivity contribution in [2.45, 2.75) is 83.7 Å². The van der Waals surface area contributed by atoms with Crippen molar-refractivity contribution in [1.82, 2.24) is 0 Å². The fourth-order valence-electron chi connectivity index (χ4n) is 3.45. The van der Waals surface area contributed by atoms with Crippen LogP contribution in [-0.4, -0.2) is 17.9 Å². The highest BCUT2D eigenvalue weighted by Gasteiger charge is 2.27. The normalized spacial score (nSPS) is 30.2. The van der Waals surface area contributed by atoms with Crippen molar-refractivity contribution in [2.75, 3.05) is 0 Å². The van der Waals surface area contributed by atoms with Crippen LogP contribution in [0.15, 0.2) is 23.8 Å². The number of carbonyl (C=O) groups excluding carboxylic acids is 2. The van der Waals surface area contributed by atoms with E-state index >= 15 is 0 Å². The molecule has 2 aliphatic rings. The fourth-order valence-corrected chi connectivity index (χ4v) is 3.45. The number of unbranched alkanes of at least 4 members (excludes halogenated alkanes) is 2. The molecule has 0 radical (unpaired) electrons. The molecule has 0 saturated heterocycles. The molecule has 1 aliphatic carbocycles. The number of hydrogen-bond acceptors (Lipinski definition) is 3. The van der Waals surface area contributed by atoms with E-state index in [9.17, 15) is 9.59 Å². The lowest BCUT2D eigenvalue weighted by Crippen LogP contribution is -2.18. The van der Waals surface area contributed by atoms with Crippen LogP contribution in [0.25, 0.3) is 0 Å². The monoisotopic (exact) mass is 318 g/mol. The summed E-state index contributed by atoms with van der Waals surface area (Å²) in [5.41, 5.74) is 0.977. The van der Waals surface area contributed by atoms with Crippen LogP contribution in [0.1, 0.15) is 77.6 Å². The van der Waals surface area contributed by atoms with Gasteiger partial charge in [-0.15, -0.1) is 0 Å². The molecule has 1 fully saturated rings. The largest absolute Gasteiger partial charge is 0.462 e. The number of rotatable bonds is 4. The van der Waals surface area contributed by atoms with E-state index in [1.807, 2.05) is 0 Å². The summed E-state index contributed by atoms with van der Waals surface area (Å²) >= 11 is 0. The summed E-state index contributed by atoms with van der Waals surface area (Å²) in [5, 5.41) is 0.